The number of phenols is 1. The Labute approximate surface area is 160 Å². The average Bonchev–Trinajstić information content (AvgIpc) is 3.10. The number of ether oxygens (including phenoxy) is 1. The van der Waals surface area contributed by atoms with Crippen LogP contribution in [0, 0.1) is 0 Å². The van der Waals surface area contributed by atoms with Gasteiger partial charge in [-0.05, 0) is 29.8 Å². The van der Waals surface area contributed by atoms with E-state index in [0.29, 0.717) is 17.9 Å². The van der Waals surface area contributed by atoms with Gasteiger partial charge in [0.15, 0.2) is 11.5 Å². The molecule has 0 amide bonds. The van der Waals surface area contributed by atoms with Crippen molar-refractivity contribution in [3.05, 3.63) is 59.5 Å². The summed E-state index contributed by atoms with van der Waals surface area (Å²) in [5, 5.41) is 49.9. The molecule has 28 heavy (non-hydrogen) atoms. The molecule has 4 rings (SSSR count). The first-order chi connectivity index (χ1) is 13.5. The highest BCUT2D eigenvalue weighted by Crippen LogP contribution is 2.37. The Balaban J connectivity index is 1.63. The van der Waals surface area contributed by atoms with Gasteiger partial charge in [0.05, 0.1) is 6.61 Å². The molecule has 0 radical (unpaired) electrons. The van der Waals surface area contributed by atoms with Gasteiger partial charge in [-0.3, -0.25) is 0 Å². The second-order valence-corrected chi connectivity index (χ2v) is 6.89. The van der Waals surface area contributed by atoms with Crippen molar-refractivity contribution in [3.63, 3.8) is 0 Å². The molecular weight excluding hydrogens is 366 g/mol. The Bertz CT molecular complexity index is 937. The van der Waals surface area contributed by atoms with Crippen LogP contribution in [0.1, 0.15) is 23.1 Å². The van der Waals surface area contributed by atoms with Crippen LogP contribution in [-0.2, 0) is 11.2 Å². The van der Waals surface area contributed by atoms with Crippen molar-refractivity contribution in [1.82, 2.24) is 4.98 Å². The number of oxazole rings is 1. The third-order valence-corrected chi connectivity index (χ3v) is 4.98. The number of hydrogen-bond acceptors (Lipinski definition) is 8. The molecule has 5 N–H and O–H groups in total. The van der Waals surface area contributed by atoms with Gasteiger partial charge in [0.1, 0.15) is 41.8 Å². The summed E-state index contributed by atoms with van der Waals surface area (Å²) in [6, 6.07) is 12.2. The van der Waals surface area contributed by atoms with Crippen LogP contribution in [0.5, 0.6) is 5.75 Å². The number of rotatable bonds is 4. The van der Waals surface area contributed by atoms with E-state index in [1.165, 1.54) is 6.07 Å². The minimum Gasteiger partial charge on any atom is -0.508 e. The lowest BCUT2D eigenvalue weighted by Crippen LogP contribution is -2.55. The van der Waals surface area contributed by atoms with Crippen LogP contribution in [0.4, 0.5) is 0 Å². The molecule has 8 heteroatoms. The molecule has 1 aromatic heterocycles. The largest absolute Gasteiger partial charge is 0.508 e. The molecule has 8 nitrogen and oxygen atoms in total. The van der Waals surface area contributed by atoms with Gasteiger partial charge < -0.3 is 34.7 Å². The molecule has 148 valence electrons. The SMILES string of the molecule is OC[C@H]1O[C@@H](c2cc(Cc3nc4ccccc4o3)ccc2O)[C@H](O)[C@@H](O)[C@@H]1O. The normalized spacial score (nSPS) is 27.9. The van der Waals surface area contributed by atoms with E-state index in [2.05, 4.69) is 4.98 Å². The monoisotopic (exact) mass is 387 g/mol. The lowest BCUT2D eigenvalue weighted by Gasteiger charge is -2.40. The number of benzene rings is 2. The summed E-state index contributed by atoms with van der Waals surface area (Å²) < 4.78 is 11.3. The number of fused-ring (bicyclic) bond motifs is 1. The summed E-state index contributed by atoms with van der Waals surface area (Å²) in [5.41, 5.74) is 2.40. The molecule has 1 aliphatic heterocycles. The fraction of sp³-hybridized carbons (Fsp3) is 0.350. The molecule has 3 aromatic rings. The minimum atomic E-state index is -1.52. The molecule has 2 heterocycles. The van der Waals surface area contributed by atoms with Crippen LogP contribution in [0.3, 0.4) is 0 Å². The summed E-state index contributed by atoms with van der Waals surface area (Å²) in [6.07, 6.45) is -6.26. The van der Waals surface area contributed by atoms with Gasteiger partial charge in [-0.25, -0.2) is 4.98 Å². The van der Waals surface area contributed by atoms with E-state index in [-0.39, 0.29) is 11.3 Å². The summed E-state index contributed by atoms with van der Waals surface area (Å²) >= 11 is 0. The number of nitrogens with zero attached hydrogens (tertiary/aromatic N) is 1. The van der Waals surface area contributed by atoms with Crippen LogP contribution in [-0.4, -0.2) is 61.5 Å². The second-order valence-electron chi connectivity index (χ2n) is 6.89. The van der Waals surface area contributed by atoms with E-state index in [0.717, 1.165) is 11.1 Å². The molecule has 0 spiro atoms. The molecule has 2 aromatic carbocycles. The number of para-hydroxylation sites is 2. The molecule has 1 aliphatic rings. The Kier molecular flexibility index (Phi) is 5.05. The zero-order chi connectivity index (χ0) is 19.8. The Morgan fingerprint density at radius 3 is 2.50 bits per heavy atom. The molecule has 5 atom stereocenters. The first-order valence-corrected chi connectivity index (χ1v) is 8.94. The molecule has 0 bridgehead atoms. The highest BCUT2D eigenvalue weighted by atomic mass is 16.5. The van der Waals surface area contributed by atoms with E-state index < -0.39 is 37.1 Å². The summed E-state index contributed by atoms with van der Waals surface area (Å²) in [4.78, 5) is 4.42. The highest BCUT2D eigenvalue weighted by Gasteiger charge is 2.44. The Morgan fingerprint density at radius 1 is 0.964 bits per heavy atom. The van der Waals surface area contributed by atoms with Gasteiger partial charge in [-0.2, -0.15) is 0 Å². The van der Waals surface area contributed by atoms with Crippen molar-refractivity contribution >= 4 is 11.1 Å². The topological polar surface area (TPSA) is 136 Å². The molecular formula is C20H21NO7. The number of phenolic OH excluding ortho intramolecular Hbond substituents is 1. The van der Waals surface area contributed by atoms with Crippen LogP contribution in [0.2, 0.25) is 0 Å². The van der Waals surface area contributed by atoms with E-state index >= 15 is 0 Å². The van der Waals surface area contributed by atoms with Crippen LogP contribution in [0.25, 0.3) is 11.1 Å². The first-order valence-electron chi connectivity index (χ1n) is 8.94. The predicted molar refractivity (Wildman–Crippen MR) is 97.6 cm³/mol. The van der Waals surface area contributed by atoms with E-state index in [9.17, 15) is 25.5 Å². The van der Waals surface area contributed by atoms with E-state index in [4.69, 9.17) is 9.15 Å². The standard InChI is InChI=1S/C20H21NO7/c22-9-15-17(24)18(25)19(26)20(28-15)11-7-10(5-6-13(11)23)8-16-21-12-3-1-2-4-14(12)27-16/h1-7,15,17-20,22-26H,8-9H2/t15-,17-,18+,19-,20+/m1/s1. The lowest BCUT2D eigenvalue weighted by atomic mass is 9.90. The van der Waals surface area contributed by atoms with Gasteiger partial charge >= 0.3 is 0 Å². The smallest absolute Gasteiger partial charge is 0.199 e. The maximum atomic E-state index is 10.3. The Hall–Kier alpha value is -2.49. The molecule has 1 fully saturated rings. The third-order valence-electron chi connectivity index (χ3n) is 4.98. The Morgan fingerprint density at radius 2 is 1.75 bits per heavy atom. The van der Waals surface area contributed by atoms with Crippen molar-refractivity contribution < 1.29 is 34.7 Å². The number of aromatic nitrogens is 1. The maximum absolute atomic E-state index is 10.3. The van der Waals surface area contributed by atoms with Crippen molar-refractivity contribution in [3.8, 4) is 5.75 Å². The number of hydrogen-bond donors (Lipinski definition) is 5. The van der Waals surface area contributed by atoms with E-state index in [1.54, 1.807) is 12.1 Å². The summed E-state index contributed by atoms with van der Waals surface area (Å²) in [5.74, 6) is 0.359. The lowest BCUT2D eigenvalue weighted by molar-refractivity contribution is -0.232. The van der Waals surface area contributed by atoms with Crippen LogP contribution in [0.15, 0.2) is 46.9 Å². The molecule has 0 saturated carbocycles. The molecule has 0 aliphatic carbocycles. The van der Waals surface area contributed by atoms with Crippen molar-refractivity contribution in [2.75, 3.05) is 6.61 Å². The fourth-order valence-electron chi connectivity index (χ4n) is 3.47. The third kappa shape index (κ3) is 3.36. The van der Waals surface area contributed by atoms with Crippen LogP contribution >= 0.6 is 0 Å². The zero-order valence-electron chi connectivity index (χ0n) is 14.8. The van der Waals surface area contributed by atoms with E-state index in [1.807, 2.05) is 24.3 Å². The first kappa shape index (κ1) is 18.9. The number of aromatic hydroxyl groups is 1. The van der Waals surface area contributed by atoms with Gasteiger partial charge in [0.25, 0.3) is 0 Å². The van der Waals surface area contributed by atoms with Crippen molar-refractivity contribution in [1.29, 1.82) is 0 Å². The minimum absolute atomic E-state index is 0.134. The summed E-state index contributed by atoms with van der Waals surface area (Å²) in [6.45, 7) is -0.537. The van der Waals surface area contributed by atoms with Gasteiger partial charge in [0, 0.05) is 12.0 Å². The molecule has 1 saturated heterocycles. The van der Waals surface area contributed by atoms with Gasteiger partial charge in [-0.15, -0.1) is 0 Å². The zero-order valence-corrected chi connectivity index (χ0v) is 14.8. The fourth-order valence-corrected chi connectivity index (χ4v) is 3.47. The number of aliphatic hydroxyl groups excluding tert-OH is 4. The average molecular weight is 387 g/mol. The molecule has 0 unspecified atom stereocenters. The second kappa shape index (κ2) is 7.50. The van der Waals surface area contributed by atoms with Gasteiger partial charge in [0.2, 0.25) is 0 Å². The van der Waals surface area contributed by atoms with Crippen molar-refractivity contribution in [2.24, 2.45) is 0 Å². The van der Waals surface area contributed by atoms with Crippen LogP contribution < -0.4 is 0 Å². The maximum Gasteiger partial charge on any atom is 0.199 e. The predicted octanol–water partition coefficient (Wildman–Crippen LogP) is 0.639. The highest BCUT2D eigenvalue weighted by molar-refractivity contribution is 5.72. The number of aliphatic hydroxyl groups is 4. The van der Waals surface area contributed by atoms with Crippen molar-refractivity contribution in [2.45, 2.75) is 36.9 Å². The van der Waals surface area contributed by atoms with Gasteiger partial charge in [-0.1, -0.05) is 18.2 Å². The quantitative estimate of drug-likeness (QED) is 0.440. The summed E-state index contributed by atoms with van der Waals surface area (Å²) in [7, 11) is 0.